The molecule has 3 rings (SSSR count). The maximum atomic E-state index is 3.89. The Morgan fingerprint density at radius 1 is 1.29 bits per heavy atom. The molecule has 2 fully saturated rings. The van der Waals surface area contributed by atoms with Gasteiger partial charge in [-0.2, -0.15) is 0 Å². The third-order valence-corrected chi connectivity index (χ3v) is 6.00. The fourth-order valence-electron chi connectivity index (χ4n) is 3.73. The molecule has 1 spiro atoms. The van der Waals surface area contributed by atoms with Crippen molar-refractivity contribution >= 4 is 11.3 Å². The van der Waals surface area contributed by atoms with Crippen LogP contribution in [-0.4, -0.2) is 6.04 Å². The summed E-state index contributed by atoms with van der Waals surface area (Å²) in [5.74, 6) is 0. The van der Waals surface area contributed by atoms with E-state index in [1.807, 2.05) is 11.3 Å². The largest absolute Gasteiger partial charge is 0.306 e. The zero-order chi connectivity index (χ0) is 11.7. The minimum absolute atomic E-state index is 0.541. The van der Waals surface area contributed by atoms with E-state index in [9.17, 15) is 0 Å². The summed E-state index contributed by atoms with van der Waals surface area (Å²) in [6.07, 6.45) is 10.2. The summed E-state index contributed by atoms with van der Waals surface area (Å²) >= 11 is 1.88. The van der Waals surface area contributed by atoms with Gasteiger partial charge in [-0.3, -0.25) is 0 Å². The van der Waals surface area contributed by atoms with Gasteiger partial charge in [0.05, 0.1) is 0 Å². The van der Waals surface area contributed by atoms with E-state index in [0.717, 1.165) is 6.04 Å². The molecule has 0 bridgehead atoms. The second-order valence-corrected chi connectivity index (χ2v) is 6.90. The van der Waals surface area contributed by atoms with Gasteiger partial charge in [-0.15, -0.1) is 11.3 Å². The van der Waals surface area contributed by atoms with Gasteiger partial charge in [0.1, 0.15) is 0 Å². The molecule has 1 aromatic rings. The standard InChI is InChI=1S/C15H23NS/c1-12(13-6-5-11-17-13)16-14-7-10-15(14)8-3-2-4-9-15/h5-6,11-12,14,16H,2-4,7-10H2,1H3/t12-,14?/m1/s1. The van der Waals surface area contributed by atoms with Gasteiger partial charge in [0.2, 0.25) is 0 Å². The molecular weight excluding hydrogens is 226 g/mol. The summed E-state index contributed by atoms with van der Waals surface area (Å²) < 4.78 is 0. The first-order valence-electron chi connectivity index (χ1n) is 7.10. The van der Waals surface area contributed by atoms with Crippen LogP contribution in [0.5, 0.6) is 0 Å². The van der Waals surface area contributed by atoms with Gasteiger partial charge in [-0.25, -0.2) is 0 Å². The van der Waals surface area contributed by atoms with Crippen LogP contribution in [0.2, 0.25) is 0 Å². The van der Waals surface area contributed by atoms with Crippen molar-refractivity contribution < 1.29 is 0 Å². The van der Waals surface area contributed by atoms with Gasteiger partial charge in [-0.1, -0.05) is 25.3 Å². The molecule has 2 atom stereocenters. The predicted molar refractivity (Wildman–Crippen MR) is 74.4 cm³/mol. The van der Waals surface area contributed by atoms with Gasteiger partial charge in [0.25, 0.3) is 0 Å². The van der Waals surface area contributed by atoms with E-state index in [4.69, 9.17) is 0 Å². The molecule has 1 aromatic heterocycles. The normalized spacial score (nSPS) is 28.9. The van der Waals surface area contributed by atoms with Crippen LogP contribution < -0.4 is 5.32 Å². The lowest BCUT2D eigenvalue weighted by Gasteiger charge is -2.53. The van der Waals surface area contributed by atoms with Gasteiger partial charge in [0, 0.05) is 17.0 Å². The Kier molecular flexibility index (Phi) is 3.27. The van der Waals surface area contributed by atoms with Gasteiger partial charge in [-0.05, 0) is 49.5 Å². The first kappa shape index (κ1) is 11.7. The smallest absolute Gasteiger partial charge is 0.0388 e. The van der Waals surface area contributed by atoms with E-state index in [0.29, 0.717) is 11.5 Å². The molecule has 0 amide bonds. The Balaban J connectivity index is 1.62. The molecule has 0 aliphatic heterocycles. The molecule has 0 aromatic carbocycles. The molecule has 2 saturated carbocycles. The fraction of sp³-hybridized carbons (Fsp3) is 0.733. The molecular formula is C15H23NS. The van der Waals surface area contributed by atoms with Crippen molar-refractivity contribution in [3.05, 3.63) is 22.4 Å². The van der Waals surface area contributed by atoms with Gasteiger partial charge >= 0.3 is 0 Å². The lowest BCUT2D eigenvalue weighted by molar-refractivity contribution is 0.0177. The number of hydrogen-bond donors (Lipinski definition) is 1. The highest BCUT2D eigenvalue weighted by Gasteiger charge is 2.46. The Labute approximate surface area is 109 Å². The molecule has 94 valence electrons. The van der Waals surface area contributed by atoms with E-state index in [1.54, 1.807) is 0 Å². The van der Waals surface area contributed by atoms with Crippen LogP contribution in [0.15, 0.2) is 17.5 Å². The van der Waals surface area contributed by atoms with Crippen molar-refractivity contribution in [1.82, 2.24) is 5.32 Å². The molecule has 17 heavy (non-hydrogen) atoms. The van der Waals surface area contributed by atoms with E-state index >= 15 is 0 Å². The van der Waals surface area contributed by atoms with Crippen LogP contribution in [0.3, 0.4) is 0 Å². The van der Waals surface area contributed by atoms with E-state index in [2.05, 4.69) is 29.8 Å². The predicted octanol–water partition coefficient (Wildman–Crippen LogP) is 4.51. The molecule has 2 aliphatic rings. The molecule has 2 heteroatoms. The minimum atomic E-state index is 0.541. The summed E-state index contributed by atoms with van der Waals surface area (Å²) in [5, 5.41) is 6.07. The maximum Gasteiger partial charge on any atom is 0.0388 e. The van der Waals surface area contributed by atoms with Crippen LogP contribution in [-0.2, 0) is 0 Å². The molecule has 0 radical (unpaired) electrons. The quantitative estimate of drug-likeness (QED) is 0.831. The molecule has 1 N–H and O–H groups in total. The first-order valence-corrected chi connectivity index (χ1v) is 7.98. The van der Waals surface area contributed by atoms with Crippen molar-refractivity contribution in [2.45, 2.75) is 64.0 Å². The lowest BCUT2D eigenvalue weighted by atomic mass is 9.57. The first-order chi connectivity index (χ1) is 8.30. The van der Waals surface area contributed by atoms with Crippen LogP contribution in [0, 0.1) is 5.41 Å². The molecule has 1 heterocycles. The second-order valence-electron chi connectivity index (χ2n) is 5.92. The summed E-state index contributed by atoms with van der Waals surface area (Å²) in [7, 11) is 0. The van der Waals surface area contributed by atoms with Crippen molar-refractivity contribution in [2.24, 2.45) is 5.41 Å². The highest BCUT2D eigenvalue weighted by molar-refractivity contribution is 7.10. The summed E-state index contributed by atoms with van der Waals surface area (Å²) in [6, 6.07) is 5.75. The summed E-state index contributed by atoms with van der Waals surface area (Å²) in [6.45, 7) is 2.32. The topological polar surface area (TPSA) is 12.0 Å². The number of rotatable bonds is 3. The van der Waals surface area contributed by atoms with Crippen LogP contribution in [0.4, 0.5) is 0 Å². The second kappa shape index (κ2) is 4.74. The minimum Gasteiger partial charge on any atom is -0.306 e. The molecule has 1 nitrogen and oxygen atoms in total. The van der Waals surface area contributed by atoms with Crippen LogP contribution >= 0.6 is 11.3 Å². The van der Waals surface area contributed by atoms with Crippen molar-refractivity contribution in [3.8, 4) is 0 Å². The zero-order valence-electron chi connectivity index (χ0n) is 10.7. The van der Waals surface area contributed by atoms with E-state index in [1.165, 1.54) is 49.8 Å². The number of hydrogen-bond acceptors (Lipinski definition) is 2. The lowest BCUT2D eigenvalue weighted by Crippen LogP contribution is -2.54. The van der Waals surface area contributed by atoms with E-state index in [-0.39, 0.29) is 0 Å². The van der Waals surface area contributed by atoms with Crippen molar-refractivity contribution in [1.29, 1.82) is 0 Å². The molecule has 2 aliphatic carbocycles. The average molecular weight is 249 g/mol. The SMILES string of the molecule is C[C@@H](NC1CCC12CCCCC2)c1cccs1. The number of thiophene rings is 1. The monoisotopic (exact) mass is 249 g/mol. The Bertz CT molecular complexity index is 351. The van der Waals surface area contributed by atoms with Gasteiger partial charge in [0.15, 0.2) is 0 Å². The van der Waals surface area contributed by atoms with Crippen LogP contribution in [0.1, 0.15) is 62.8 Å². The summed E-state index contributed by atoms with van der Waals surface area (Å²) in [4.78, 5) is 1.49. The van der Waals surface area contributed by atoms with Crippen LogP contribution in [0.25, 0.3) is 0 Å². The summed E-state index contributed by atoms with van der Waals surface area (Å²) in [5.41, 5.74) is 0.684. The highest BCUT2D eigenvalue weighted by Crippen LogP contribution is 2.52. The number of nitrogens with one attached hydrogen (secondary N) is 1. The zero-order valence-corrected chi connectivity index (χ0v) is 11.6. The third-order valence-electron chi connectivity index (χ3n) is 4.94. The Morgan fingerprint density at radius 2 is 2.12 bits per heavy atom. The maximum absolute atomic E-state index is 3.89. The Hall–Kier alpha value is -0.340. The van der Waals surface area contributed by atoms with Crippen molar-refractivity contribution in [2.75, 3.05) is 0 Å². The van der Waals surface area contributed by atoms with E-state index < -0.39 is 0 Å². The highest BCUT2D eigenvalue weighted by atomic mass is 32.1. The fourth-order valence-corrected chi connectivity index (χ4v) is 4.48. The van der Waals surface area contributed by atoms with Gasteiger partial charge < -0.3 is 5.32 Å². The third kappa shape index (κ3) is 2.17. The average Bonchev–Trinajstić information content (AvgIpc) is 2.89. The van der Waals surface area contributed by atoms with Crippen molar-refractivity contribution in [3.63, 3.8) is 0 Å². The Morgan fingerprint density at radius 3 is 2.71 bits per heavy atom. The molecule has 0 saturated heterocycles. The molecule has 1 unspecified atom stereocenters.